The third-order valence-corrected chi connectivity index (χ3v) is 3.27. The van der Waals surface area contributed by atoms with E-state index in [2.05, 4.69) is 15.3 Å². The average molecular weight is 277 g/mol. The molecule has 0 saturated heterocycles. The predicted octanol–water partition coefficient (Wildman–Crippen LogP) is 3.49. The maximum Gasteiger partial charge on any atom is 0.260 e. The number of aryl methyl sites for hydroxylation is 1. The molecular weight excluding hydrogens is 262 g/mol. The smallest absolute Gasteiger partial charge is 0.260 e. The molecule has 0 saturated carbocycles. The topological polar surface area (TPSA) is 57.8 Å². The van der Waals surface area contributed by atoms with Gasteiger partial charge in [-0.3, -0.25) is 9.78 Å². The maximum absolute atomic E-state index is 12.2. The molecule has 0 aliphatic heterocycles. The van der Waals surface area contributed by atoms with Crippen LogP contribution < -0.4 is 10.9 Å². The molecule has 0 atom stereocenters. The van der Waals surface area contributed by atoms with Crippen LogP contribution in [0.3, 0.4) is 0 Å². The summed E-state index contributed by atoms with van der Waals surface area (Å²) < 4.78 is 0. The van der Waals surface area contributed by atoms with Crippen LogP contribution in [0.5, 0.6) is 0 Å². The van der Waals surface area contributed by atoms with Crippen LogP contribution in [0.1, 0.15) is 5.56 Å². The van der Waals surface area contributed by atoms with Gasteiger partial charge in [-0.2, -0.15) is 0 Å². The van der Waals surface area contributed by atoms with Crippen LogP contribution in [0.4, 0.5) is 11.6 Å². The number of para-hydroxylation sites is 1. The molecule has 4 heteroatoms. The van der Waals surface area contributed by atoms with Gasteiger partial charge < -0.3 is 5.32 Å². The zero-order valence-electron chi connectivity index (χ0n) is 11.6. The van der Waals surface area contributed by atoms with E-state index in [-0.39, 0.29) is 5.56 Å². The summed E-state index contributed by atoms with van der Waals surface area (Å²) in [4.78, 5) is 19.3. The summed E-state index contributed by atoms with van der Waals surface area (Å²) in [6.07, 6.45) is 1.60. The van der Waals surface area contributed by atoms with Gasteiger partial charge >= 0.3 is 0 Å². The van der Waals surface area contributed by atoms with Gasteiger partial charge in [0.1, 0.15) is 0 Å². The van der Waals surface area contributed by atoms with Gasteiger partial charge in [-0.1, -0.05) is 42.5 Å². The lowest BCUT2D eigenvalue weighted by molar-refractivity contribution is 1.12. The molecule has 104 valence electrons. The first-order chi connectivity index (χ1) is 10.2. The highest BCUT2D eigenvalue weighted by Gasteiger charge is 2.07. The molecule has 0 amide bonds. The second kappa shape index (κ2) is 5.63. The first-order valence-corrected chi connectivity index (χ1v) is 6.71. The zero-order chi connectivity index (χ0) is 14.7. The van der Waals surface area contributed by atoms with E-state index in [1.54, 1.807) is 6.20 Å². The molecule has 2 N–H and O–H groups in total. The fraction of sp³-hybridized carbons (Fsp3) is 0.0588. The quantitative estimate of drug-likeness (QED) is 0.770. The number of rotatable bonds is 3. The van der Waals surface area contributed by atoms with E-state index < -0.39 is 0 Å². The molecular formula is C17H15N3O. The SMILES string of the molecule is Cc1ccccc1-c1cnc(Nc2ccccc2)[nH]c1=O. The van der Waals surface area contributed by atoms with Crippen molar-refractivity contribution in [1.29, 1.82) is 0 Å². The van der Waals surface area contributed by atoms with Gasteiger partial charge in [0.15, 0.2) is 0 Å². The summed E-state index contributed by atoms with van der Waals surface area (Å²) in [6, 6.07) is 17.4. The Hall–Kier alpha value is -2.88. The van der Waals surface area contributed by atoms with Gasteiger partial charge in [0, 0.05) is 11.9 Å². The Balaban J connectivity index is 1.94. The molecule has 0 bridgehead atoms. The highest BCUT2D eigenvalue weighted by Crippen LogP contribution is 2.19. The summed E-state index contributed by atoms with van der Waals surface area (Å²) in [6.45, 7) is 1.98. The van der Waals surface area contributed by atoms with Crippen LogP contribution in [0, 0.1) is 6.92 Å². The average Bonchev–Trinajstić information content (AvgIpc) is 2.50. The predicted molar refractivity (Wildman–Crippen MR) is 84.8 cm³/mol. The lowest BCUT2D eigenvalue weighted by Gasteiger charge is -2.07. The van der Waals surface area contributed by atoms with Gasteiger partial charge in [0.05, 0.1) is 5.56 Å². The Morgan fingerprint density at radius 1 is 0.952 bits per heavy atom. The molecule has 4 nitrogen and oxygen atoms in total. The molecule has 0 fully saturated rings. The summed E-state index contributed by atoms with van der Waals surface area (Å²) in [7, 11) is 0. The normalized spacial score (nSPS) is 10.3. The van der Waals surface area contributed by atoms with E-state index in [4.69, 9.17) is 0 Å². The van der Waals surface area contributed by atoms with Crippen molar-refractivity contribution in [2.75, 3.05) is 5.32 Å². The van der Waals surface area contributed by atoms with Gasteiger partial charge in [-0.25, -0.2) is 4.98 Å². The number of hydrogen-bond donors (Lipinski definition) is 2. The van der Waals surface area contributed by atoms with Crippen molar-refractivity contribution in [1.82, 2.24) is 9.97 Å². The molecule has 21 heavy (non-hydrogen) atoms. The molecule has 0 spiro atoms. The Bertz CT molecular complexity index is 810. The van der Waals surface area contributed by atoms with Crippen molar-refractivity contribution >= 4 is 11.6 Å². The van der Waals surface area contributed by atoms with Crippen LogP contribution in [0.2, 0.25) is 0 Å². The Morgan fingerprint density at radius 3 is 2.38 bits per heavy atom. The summed E-state index contributed by atoms with van der Waals surface area (Å²) in [5.41, 5.74) is 3.25. The van der Waals surface area contributed by atoms with Gasteiger partial charge in [0.2, 0.25) is 5.95 Å². The summed E-state index contributed by atoms with van der Waals surface area (Å²) in [5.74, 6) is 0.434. The minimum Gasteiger partial charge on any atom is -0.326 e. The van der Waals surface area contributed by atoms with Crippen LogP contribution in [0.25, 0.3) is 11.1 Å². The van der Waals surface area contributed by atoms with Crippen molar-refractivity contribution in [3.8, 4) is 11.1 Å². The number of benzene rings is 2. The lowest BCUT2D eigenvalue weighted by atomic mass is 10.0. The Kier molecular flexibility index (Phi) is 3.51. The molecule has 0 aliphatic rings. The molecule has 3 rings (SSSR count). The Morgan fingerprint density at radius 2 is 1.67 bits per heavy atom. The maximum atomic E-state index is 12.2. The number of anilines is 2. The summed E-state index contributed by atoms with van der Waals surface area (Å²) in [5, 5.41) is 3.07. The number of aromatic amines is 1. The van der Waals surface area contributed by atoms with Gasteiger partial charge in [0.25, 0.3) is 5.56 Å². The molecule has 1 heterocycles. The highest BCUT2D eigenvalue weighted by atomic mass is 16.1. The number of hydrogen-bond acceptors (Lipinski definition) is 3. The second-order valence-electron chi connectivity index (χ2n) is 4.78. The molecule has 1 aromatic heterocycles. The van der Waals surface area contributed by atoms with Crippen molar-refractivity contribution in [3.05, 3.63) is 76.7 Å². The first-order valence-electron chi connectivity index (χ1n) is 6.71. The van der Waals surface area contributed by atoms with Crippen molar-refractivity contribution in [2.45, 2.75) is 6.92 Å². The van der Waals surface area contributed by atoms with E-state index in [1.807, 2.05) is 61.5 Å². The van der Waals surface area contributed by atoms with E-state index in [0.29, 0.717) is 11.5 Å². The molecule has 0 unspecified atom stereocenters. The van der Waals surface area contributed by atoms with E-state index in [0.717, 1.165) is 16.8 Å². The zero-order valence-corrected chi connectivity index (χ0v) is 11.6. The molecule has 0 aliphatic carbocycles. The largest absolute Gasteiger partial charge is 0.326 e. The van der Waals surface area contributed by atoms with Crippen molar-refractivity contribution in [2.24, 2.45) is 0 Å². The molecule has 2 aromatic carbocycles. The number of nitrogens with one attached hydrogen (secondary N) is 2. The van der Waals surface area contributed by atoms with Crippen LogP contribution in [-0.4, -0.2) is 9.97 Å². The van der Waals surface area contributed by atoms with Crippen LogP contribution in [0.15, 0.2) is 65.6 Å². The lowest BCUT2D eigenvalue weighted by Crippen LogP contribution is -2.13. The van der Waals surface area contributed by atoms with Crippen LogP contribution >= 0.6 is 0 Å². The molecule has 0 radical (unpaired) electrons. The fourth-order valence-corrected chi connectivity index (χ4v) is 2.18. The first kappa shape index (κ1) is 13.1. The standard InChI is InChI=1S/C17H15N3O/c1-12-7-5-6-10-14(12)15-11-18-17(20-16(15)21)19-13-8-3-2-4-9-13/h2-11H,1H3,(H2,18,19,20,21). The molecule has 3 aromatic rings. The fourth-order valence-electron chi connectivity index (χ4n) is 2.18. The van der Waals surface area contributed by atoms with Crippen LogP contribution in [-0.2, 0) is 0 Å². The number of nitrogens with zero attached hydrogens (tertiary/aromatic N) is 1. The Labute approximate surface area is 122 Å². The van der Waals surface area contributed by atoms with E-state index in [9.17, 15) is 4.79 Å². The van der Waals surface area contributed by atoms with E-state index >= 15 is 0 Å². The highest BCUT2D eigenvalue weighted by molar-refractivity contribution is 5.66. The number of aromatic nitrogens is 2. The third-order valence-electron chi connectivity index (χ3n) is 3.27. The summed E-state index contributed by atoms with van der Waals surface area (Å²) >= 11 is 0. The second-order valence-corrected chi connectivity index (χ2v) is 4.78. The number of H-pyrrole nitrogens is 1. The monoisotopic (exact) mass is 277 g/mol. The van der Waals surface area contributed by atoms with Crippen molar-refractivity contribution in [3.63, 3.8) is 0 Å². The van der Waals surface area contributed by atoms with Crippen molar-refractivity contribution < 1.29 is 0 Å². The van der Waals surface area contributed by atoms with E-state index in [1.165, 1.54) is 0 Å². The van der Waals surface area contributed by atoms with Gasteiger partial charge in [-0.05, 0) is 30.2 Å². The third kappa shape index (κ3) is 2.84. The van der Waals surface area contributed by atoms with Gasteiger partial charge in [-0.15, -0.1) is 0 Å². The minimum absolute atomic E-state index is 0.155. The minimum atomic E-state index is -0.155.